The van der Waals surface area contributed by atoms with Crippen molar-refractivity contribution in [1.82, 2.24) is 14.8 Å². The molecule has 186 valence electrons. The van der Waals surface area contributed by atoms with E-state index in [1.54, 1.807) is 24.3 Å². The van der Waals surface area contributed by atoms with Gasteiger partial charge in [0.05, 0.1) is 12.1 Å². The fourth-order valence-electron chi connectivity index (χ4n) is 3.57. The predicted octanol–water partition coefficient (Wildman–Crippen LogP) is 6.07. The first kappa shape index (κ1) is 25.5. The van der Waals surface area contributed by atoms with Crippen LogP contribution in [0.1, 0.15) is 22.2 Å². The van der Waals surface area contributed by atoms with Gasteiger partial charge in [0.25, 0.3) is 0 Å². The van der Waals surface area contributed by atoms with E-state index in [1.165, 1.54) is 31.0 Å². The van der Waals surface area contributed by atoms with Crippen LogP contribution in [0, 0.1) is 22.9 Å². The average Bonchev–Trinajstić information content (AvgIpc) is 3.23. The number of rotatable bonds is 10. The summed E-state index contributed by atoms with van der Waals surface area (Å²) < 4.78 is 26.4. The van der Waals surface area contributed by atoms with Crippen LogP contribution in [0.2, 0.25) is 5.02 Å². The molecule has 1 heterocycles. The molecule has 0 saturated carbocycles. The number of ether oxygens (including phenoxy) is 2. The summed E-state index contributed by atoms with van der Waals surface area (Å²) in [5.41, 5.74) is 2.17. The van der Waals surface area contributed by atoms with Gasteiger partial charge >= 0.3 is 0 Å². The molecule has 0 fully saturated rings. The number of nitrogens with zero attached hydrogens (tertiary/aromatic N) is 4. The Balaban J connectivity index is 1.64. The fourth-order valence-corrected chi connectivity index (χ4v) is 5.00. The summed E-state index contributed by atoms with van der Waals surface area (Å²) in [6.07, 6.45) is 0. The lowest BCUT2D eigenvalue weighted by Crippen LogP contribution is -2.12. The summed E-state index contributed by atoms with van der Waals surface area (Å²) in [5, 5.41) is 20.1. The van der Waals surface area contributed by atoms with Crippen molar-refractivity contribution in [3.63, 3.8) is 0 Å². The molecule has 1 atom stereocenters. The molecule has 36 heavy (non-hydrogen) atoms. The maximum atomic E-state index is 13.2. The standard InChI is InChI=1S/C25H22ClFN4O4S/c1-16-28-29-25(31(16)20-6-4-3-5-7-20)36-23(14-30(32)33)18-12-21(26)24(22(13-18)34-2)35-15-17-8-10-19(27)11-9-17/h3-13,23H,14-15H2,1-2H3/t23-/m0/s1. The molecule has 0 saturated heterocycles. The van der Waals surface area contributed by atoms with E-state index < -0.39 is 5.25 Å². The minimum absolute atomic E-state index is 0.141. The molecule has 11 heteroatoms. The Kier molecular flexibility index (Phi) is 8.07. The molecule has 4 aromatic rings. The number of hydrogen-bond donors (Lipinski definition) is 0. The topological polar surface area (TPSA) is 92.3 Å². The van der Waals surface area contributed by atoms with E-state index in [2.05, 4.69) is 10.2 Å². The molecule has 0 radical (unpaired) electrons. The Bertz CT molecular complexity index is 1350. The van der Waals surface area contributed by atoms with Crippen LogP contribution in [0.3, 0.4) is 0 Å². The number of aromatic nitrogens is 3. The third-order valence-electron chi connectivity index (χ3n) is 5.29. The van der Waals surface area contributed by atoms with Crippen LogP contribution in [0.4, 0.5) is 4.39 Å². The second kappa shape index (κ2) is 11.4. The molecular formula is C25H22ClFN4O4S. The highest BCUT2D eigenvalue weighted by Gasteiger charge is 2.26. The zero-order valence-corrected chi connectivity index (χ0v) is 21.0. The molecule has 3 aromatic carbocycles. The second-order valence-corrected chi connectivity index (χ2v) is 9.35. The van der Waals surface area contributed by atoms with Gasteiger partial charge in [0.1, 0.15) is 23.5 Å². The quantitative estimate of drug-likeness (QED) is 0.140. The molecule has 0 N–H and O–H groups in total. The number of para-hydroxylation sites is 1. The van der Waals surface area contributed by atoms with Gasteiger partial charge in [-0.3, -0.25) is 14.7 Å². The van der Waals surface area contributed by atoms with Crippen LogP contribution >= 0.6 is 23.4 Å². The van der Waals surface area contributed by atoms with Crippen molar-refractivity contribution in [2.75, 3.05) is 13.7 Å². The summed E-state index contributed by atoms with van der Waals surface area (Å²) in [7, 11) is 1.46. The minimum atomic E-state index is -0.636. The van der Waals surface area contributed by atoms with Crippen LogP contribution in [-0.2, 0) is 6.61 Å². The van der Waals surface area contributed by atoms with Gasteiger partial charge in [-0.2, -0.15) is 0 Å². The van der Waals surface area contributed by atoms with Gasteiger partial charge in [0.2, 0.25) is 6.54 Å². The molecule has 0 aliphatic heterocycles. The zero-order valence-electron chi connectivity index (χ0n) is 19.4. The molecule has 4 rings (SSSR count). The first-order valence-corrected chi connectivity index (χ1v) is 12.1. The van der Waals surface area contributed by atoms with E-state index in [0.717, 1.165) is 11.3 Å². The van der Waals surface area contributed by atoms with Crippen molar-refractivity contribution >= 4 is 23.4 Å². The Hall–Kier alpha value is -3.63. The van der Waals surface area contributed by atoms with E-state index in [9.17, 15) is 14.5 Å². The highest BCUT2D eigenvalue weighted by molar-refractivity contribution is 7.99. The first-order valence-electron chi connectivity index (χ1n) is 10.9. The smallest absolute Gasteiger partial charge is 0.220 e. The van der Waals surface area contributed by atoms with Gasteiger partial charge < -0.3 is 9.47 Å². The molecule has 0 spiro atoms. The largest absolute Gasteiger partial charge is 0.493 e. The molecule has 0 unspecified atom stereocenters. The molecule has 1 aromatic heterocycles. The summed E-state index contributed by atoms with van der Waals surface area (Å²) in [6, 6.07) is 18.7. The summed E-state index contributed by atoms with van der Waals surface area (Å²) >= 11 is 7.76. The Morgan fingerprint density at radius 1 is 1.14 bits per heavy atom. The lowest BCUT2D eigenvalue weighted by molar-refractivity contribution is -0.479. The summed E-state index contributed by atoms with van der Waals surface area (Å²) in [4.78, 5) is 11.2. The van der Waals surface area contributed by atoms with Crippen molar-refractivity contribution in [2.24, 2.45) is 0 Å². The monoisotopic (exact) mass is 528 g/mol. The van der Waals surface area contributed by atoms with Crippen molar-refractivity contribution in [2.45, 2.75) is 23.9 Å². The molecule has 0 aliphatic rings. The fraction of sp³-hybridized carbons (Fsp3) is 0.200. The van der Waals surface area contributed by atoms with E-state index >= 15 is 0 Å². The van der Waals surface area contributed by atoms with Gasteiger partial charge in [-0.25, -0.2) is 4.39 Å². The van der Waals surface area contributed by atoms with Crippen molar-refractivity contribution in [1.29, 1.82) is 0 Å². The van der Waals surface area contributed by atoms with Gasteiger partial charge in [0.15, 0.2) is 16.7 Å². The van der Waals surface area contributed by atoms with Gasteiger partial charge in [-0.05, 0) is 54.4 Å². The van der Waals surface area contributed by atoms with Crippen molar-refractivity contribution < 1.29 is 18.8 Å². The van der Waals surface area contributed by atoms with Gasteiger partial charge in [0, 0.05) is 10.6 Å². The SMILES string of the molecule is COc1cc([C@H](C[N+](=O)[O-])Sc2nnc(C)n2-c2ccccc2)cc(Cl)c1OCc1ccc(F)cc1. The number of benzene rings is 3. The minimum Gasteiger partial charge on any atom is -0.493 e. The predicted molar refractivity (Wildman–Crippen MR) is 135 cm³/mol. The third-order valence-corrected chi connectivity index (χ3v) is 6.75. The number of thioether (sulfide) groups is 1. The lowest BCUT2D eigenvalue weighted by atomic mass is 10.1. The van der Waals surface area contributed by atoms with Crippen LogP contribution in [0.5, 0.6) is 11.5 Å². The Morgan fingerprint density at radius 2 is 1.86 bits per heavy atom. The maximum absolute atomic E-state index is 13.2. The number of methoxy groups -OCH3 is 1. The highest BCUT2D eigenvalue weighted by Crippen LogP contribution is 2.43. The summed E-state index contributed by atoms with van der Waals surface area (Å²) in [5.74, 6) is 0.935. The van der Waals surface area contributed by atoms with Crippen LogP contribution < -0.4 is 9.47 Å². The Labute approximate surface area is 216 Å². The van der Waals surface area contributed by atoms with E-state index in [0.29, 0.717) is 28.0 Å². The normalized spacial score (nSPS) is 11.8. The summed E-state index contributed by atoms with van der Waals surface area (Å²) in [6.45, 7) is 1.59. The molecule has 0 bridgehead atoms. The van der Waals surface area contributed by atoms with E-state index in [1.807, 2.05) is 41.8 Å². The lowest BCUT2D eigenvalue weighted by Gasteiger charge is -2.18. The van der Waals surface area contributed by atoms with Gasteiger partial charge in [-0.1, -0.05) is 53.7 Å². The van der Waals surface area contributed by atoms with Gasteiger partial charge in [-0.15, -0.1) is 10.2 Å². The van der Waals surface area contributed by atoms with Crippen LogP contribution in [-0.4, -0.2) is 33.3 Å². The number of hydrogen-bond acceptors (Lipinski definition) is 7. The van der Waals surface area contributed by atoms with Crippen LogP contribution in [0.15, 0.2) is 71.9 Å². The molecular weight excluding hydrogens is 507 g/mol. The first-order chi connectivity index (χ1) is 17.4. The van der Waals surface area contributed by atoms with E-state index in [-0.39, 0.29) is 28.9 Å². The number of nitro groups is 1. The zero-order chi connectivity index (χ0) is 25.7. The number of aryl methyl sites for hydroxylation is 1. The maximum Gasteiger partial charge on any atom is 0.220 e. The molecule has 0 amide bonds. The second-order valence-electron chi connectivity index (χ2n) is 7.77. The van der Waals surface area contributed by atoms with E-state index in [4.69, 9.17) is 21.1 Å². The Morgan fingerprint density at radius 3 is 2.53 bits per heavy atom. The molecule has 8 nitrogen and oxygen atoms in total. The van der Waals surface area contributed by atoms with Crippen molar-refractivity contribution in [3.8, 4) is 17.2 Å². The van der Waals surface area contributed by atoms with Crippen molar-refractivity contribution in [3.05, 3.63) is 105 Å². The molecule has 0 aliphatic carbocycles. The third kappa shape index (κ3) is 5.95. The average molecular weight is 529 g/mol. The highest BCUT2D eigenvalue weighted by atomic mass is 35.5. The van der Waals surface area contributed by atoms with Crippen LogP contribution in [0.25, 0.3) is 5.69 Å². The number of halogens is 2.